The molecule has 0 aliphatic carbocycles. The second-order valence-electron chi connectivity index (χ2n) is 14.8. The first-order valence-electron chi connectivity index (χ1n) is 15.9. The summed E-state index contributed by atoms with van der Waals surface area (Å²) in [6, 6.07) is 18.2. The molecule has 0 atom stereocenters. The summed E-state index contributed by atoms with van der Waals surface area (Å²) in [5.41, 5.74) is 6.69. The maximum atomic E-state index is 2.92. The number of aromatic nitrogens is 1. The number of hydrogen-bond acceptors (Lipinski definition) is 0. The summed E-state index contributed by atoms with van der Waals surface area (Å²) in [7, 11) is -3.17. The summed E-state index contributed by atoms with van der Waals surface area (Å²) in [5.74, 6) is 1.45. The van der Waals surface area contributed by atoms with E-state index in [4.69, 9.17) is 0 Å². The van der Waals surface area contributed by atoms with Gasteiger partial charge in [-0.05, 0) is 57.7 Å². The molecule has 0 aliphatic heterocycles. The molecule has 1 heterocycles. The Hall–Kier alpha value is -1.11. The van der Waals surface area contributed by atoms with E-state index in [2.05, 4.69) is 138 Å². The molecule has 0 spiro atoms. The molecular formula is C35H59NSi3. The van der Waals surface area contributed by atoms with Crippen LogP contribution in [0.5, 0.6) is 0 Å². The zero-order valence-corrected chi connectivity index (χ0v) is 30.9. The van der Waals surface area contributed by atoms with Gasteiger partial charge in [-0.3, -0.25) is 0 Å². The summed E-state index contributed by atoms with van der Waals surface area (Å²) in [5, 5.41) is 6.28. The second-order valence-corrected chi connectivity index (χ2v) is 26.9. The van der Waals surface area contributed by atoms with E-state index < -0.39 is 25.8 Å². The van der Waals surface area contributed by atoms with Crippen LogP contribution >= 0.6 is 0 Å². The van der Waals surface area contributed by atoms with E-state index in [1.807, 2.05) is 0 Å². The van der Waals surface area contributed by atoms with Crippen molar-refractivity contribution in [3.05, 3.63) is 36.4 Å². The Kier molecular flexibility index (Phi) is 10.6. The van der Waals surface area contributed by atoms with Gasteiger partial charge in [0.25, 0.3) is 0 Å². The topological polar surface area (TPSA) is 4.93 Å². The minimum absolute atomic E-state index is 0.630. The van der Waals surface area contributed by atoms with Crippen LogP contribution in [0.25, 0.3) is 21.8 Å². The molecule has 0 saturated carbocycles. The van der Waals surface area contributed by atoms with Crippen molar-refractivity contribution < 1.29 is 0 Å². The van der Waals surface area contributed by atoms with Gasteiger partial charge in [-0.25, -0.2) is 0 Å². The van der Waals surface area contributed by atoms with Crippen LogP contribution in [0.15, 0.2) is 36.4 Å². The van der Waals surface area contributed by atoms with Crippen molar-refractivity contribution in [3.63, 3.8) is 0 Å². The number of benzene rings is 2. The van der Waals surface area contributed by atoms with E-state index in [1.54, 1.807) is 10.4 Å². The van der Waals surface area contributed by atoms with Crippen LogP contribution in [-0.2, 0) is 0 Å². The Bertz CT molecular complexity index is 1220. The normalized spacial score (nSPS) is 13.6. The zero-order valence-electron chi connectivity index (χ0n) is 27.9. The quantitative estimate of drug-likeness (QED) is 0.189. The molecule has 0 saturated heterocycles. The first-order valence-corrected chi connectivity index (χ1v) is 21.7. The Morgan fingerprint density at radius 3 is 1.56 bits per heavy atom. The lowest BCUT2D eigenvalue weighted by Crippen LogP contribution is -2.53. The number of nitrogens with zero attached hydrogens (tertiary/aromatic N) is 1. The highest BCUT2D eigenvalue weighted by atomic mass is 28.3. The van der Waals surface area contributed by atoms with Crippen LogP contribution < -0.4 is 10.4 Å². The Morgan fingerprint density at radius 2 is 1.13 bits per heavy atom. The van der Waals surface area contributed by atoms with Gasteiger partial charge in [0.05, 0.1) is 16.9 Å². The van der Waals surface area contributed by atoms with Crippen molar-refractivity contribution in [2.24, 2.45) is 11.8 Å². The molecule has 0 aliphatic rings. The Morgan fingerprint density at radius 1 is 0.615 bits per heavy atom. The molecule has 0 N–H and O–H groups in total. The molecule has 3 aromatic rings. The van der Waals surface area contributed by atoms with Crippen LogP contribution in [0.3, 0.4) is 0 Å². The maximum Gasteiger partial charge on any atom is 0.178 e. The van der Waals surface area contributed by atoms with Gasteiger partial charge in [0.15, 0.2) is 8.96 Å². The van der Waals surface area contributed by atoms with Crippen LogP contribution in [0.1, 0.15) is 96.9 Å². The summed E-state index contributed by atoms with van der Waals surface area (Å²) < 4.78 is 2.92. The van der Waals surface area contributed by atoms with Crippen LogP contribution in [-0.4, -0.2) is 30.1 Å². The molecule has 39 heavy (non-hydrogen) atoms. The first kappa shape index (κ1) is 32.4. The zero-order chi connectivity index (χ0) is 29.4. The molecule has 0 unspecified atom stereocenters. The second kappa shape index (κ2) is 12.8. The van der Waals surface area contributed by atoms with Crippen LogP contribution in [0, 0.1) is 11.8 Å². The van der Waals surface area contributed by atoms with Crippen molar-refractivity contribution in [1.29, 1.82) is 0 Å². The standard InChI is InChI=1S/C35H59NSi3/c1-23(2)21-37(25(5)6)36-34-19-30(38(26(7)8)27(9)10)15-17-32(34)33-18-16-31(20-35(33)36)39(28(11)12,29(13)14)22-24(3)4/h15-20,23-29H,21-22H2,1-14H3. The van der Waals surface area contributed by atoms with Gasteiger partial charge in [0.2, 0.25) is 0 Å². The van der Waals surface area contributed by atoms with E-state index in [0.717, 1.165) is 28.1 Å². The van der Waals surface area contributed by atoms with Gasteiger partial charge >= 0.3 is 0 Å². The third-order valence-electron chi connectivity index (χ3n) is 9.26. The highest BCUT2D eigenvalue weighted by molar-refractivity contribution is 6.94. The molecule has 2 aromatic carbocycles. The van der Waals surface area contributed by atoms with E-state index in [1.165, 1.54) is 33.9 Å². The van der Waals surface area contributed by atoms with E-state index in [-0.39, 0.29) is 0 Å². The van der Waals surface area contributed by atoms with E-state index in [9.17, 15) is 0 Å². The molecule has 4 heteroatoms. The number of fused-ring (bicyclic) bond motifs is 3. The van der Waals surface area contributed by atoms with Crippen LogP contribution in [0.4, 0.5) is 0 Å². The van der Waals surface area contributed by atoms with Crippen molar-refractivity contribution in [1.82, 2.24) is 4.23 Å². The molecular weight excluding hydrogens is 519 g/mol. The van der Waals surface area contributed by atoms with Crippen molar-refractivity contribution in [2.45, 2.75) is 137 Å². The highest BCUT2D eigenvalue weighted by Crippen LogP contribution is 2.40. The van der Waals surface area contributed by atoms with Gasteiger partial charge in [-0.15, -0.1) is 0 Å². The van der Waals surface area contributed by atoms with Gasteiger partial charge in [-0.2, -0.15) is 0 Å². The lowest BCUT2D eigenvalue weighted by atomic mass is 10.1. The molecule has 0 bridgehead atoms. The van der Waals surface area contributed by atoms with Gasteiger partial charge in [-0.1, -0.05) is 138 Å². The lowest BCUT2D eigenvalue weighted by molar-refractivity contribution is 0.697. The van der Waals surface area contributed by atoms with Gasteiger partial charge in [0, 0.05) is 21.8 Å². The fraction of sp³-hybridized carbons (Fsp3) is 0.657. The van der Waals surface area contributed by atoms with Crippen molar-refractivity contribution in [3.8, 4) is 0 Å². The largest absolute Gasteiger partial charge is 0.368 e. The fourth-order valence-corrected chi connectivity index (χ4v) is 20.0. The SMILES string of the molecule is CC(C)C[Si](C(C)C)n1c2cc([Si](C(C)C)C(C)C)ccc2c2ccc([Si](CC(C)C)(C(C)C)C(C)C)cc21. The maximum absolute atomic E-state index is 2.92. The summed E-state index contributed by atoms with van der Waals surface area (Å²) in [4.78, 5) is 0. The third kappa shape index (κ3) is 6.38. The fourth-order valence-electron chi connectivity index (χ4n) is 7.73. The van der Waals surface area contributed by atoms with Gasteiger partial charge in [0.1, 0.15) is 0 Å². The Balaban J connectivity index is 2.46. The predicted molar refractivity (Wildman–Crippen MR) is 186 cm³/mol. The molecule has 1 aromatic heterocycles. The molecule has 0 fully saturated rings. The monoisotopic (exact) mass is 577 g/mol. The van der Waals surface area contributed by atoms with Crippen molar-refractivity contribution in [2.75, 3.05) is 0 Å². The molecule has 3 rings (SSSR count). The number of rotatable bonds is 12. The molecule has 0 amide bonds. The smallest absolute Gasteiger partial charge is 0.178 e. The number of hydrogen-bond donors (Lipinski definition) is 0. The highest BCUT2D eigenvalue weighted by Gasteiger charge is 2.42. The predicted octanol–water partition coefficient (Wildman–Crippen LogP) is 10.4. The van der Waals surface area contributed by atoms with E-state index >= 15 is 0 Å². The lowest BCUT2D eigenvalue weighted by Gasteiger charge is -2.41. The molecule has 2 radical (unpaired) electrons. The minimum Gasteiger partial charge on any atom is -0.368 e. The van der Waals surface area contributed by atoms with Gasteiger partial charge < -0.3 is 4.23 Å². The Labute approximate surface area is 246 Å². The average Bonchev–Trinajstić information content (AvgIpc) is 3.12. The molecule has 216 valence electrons. The van der Waals surface area contributed by atoms with E-state index in [0.29, 0.717) is 11.5 Å². The molecule has 1 nitrogen and oxygen atoms in total. The summed E-state index contributed by atoms with van der Waals surface area (Å²) >= 11 is 0. The summed E-state index contributed by atoms with van der Waals surface area (Å²) in [6.45, 7) is 34.5. The van der Waals surface area contributed by atoms with Crippen LogP contribution in [0.2, 0.25) is 39.8 Å². The minimum atomic E-state index is -1.73. The van der Waals surface area contributed by atoms with Crippen molar-refractivity contribution >= 4 is 58.0 Å². The third-order valence-corrected chi connectivity index (χ3v) is 23.3. The first-order chi connectivity index (χ1) is 18.1. The average molecular weight is 578 g/mol. The summed E-state index contributed by atoms with van der Waals surface area (Å²) in [6.07, 6.45) is 0.